The minimum Gasteiger partial charge on any atom is -0.488 e. The summed E-state index contributed by atoms with van der Waals surface area (Å²) < 4.78 is 6.45. The van der Waals surface area contributed by atoms with Crippen LogP contribution in [0, 0.1) is 46.3 Å². The second-order valence-corrected chi connectivity index (χ2v) is 14.1. The molecule has 0 aliphatic heterocycles. The maximum absolute atomic E-state index is 12.3. The molecule has 9 atom stereocenters. The van der Waals surface area contributed by atoms with E-state index in [1.165, 1.54) is 44.9 Å². The van der Waals surface area contributed by atoms with E-state index in [9.17, 15) is 4.79 Å². The molecule has 4 fully saturated rings. The Kier molecular flexibility index (Phi) is 7.95. The zero-order chi connectivity index (χ0) is 27.1. The summed E-state index contributed by atoms with van der Waals surface area (Å²) in [4.78, 5) is 12.3. The summed E-state index contributed by atoms with van der Waals surface area (Å²) in [6, 6.07) is 5.63. The van der Waals surface area contributed by atoms with E-state index in [-0.39, 0.29) is 12.0 Å². The number of ether oxygens (including phenoxy) is 1. The minimum atomic E-state index is 0.243. The zero-order valence-electron chi connectivity index (χ0n) is 24.4. The second kappa shape index (κ2) is 10.9. The summed E-state index contributed by atoms with van der Waals surface area (Å²) >= 11 is 0. The highest BCUT2D eigenvalue weighted by Gasteiger charge is 2.60. The highest BCUT2D eigenvalue weighted by atomic mass is 16.5. The van der Waals surface area contributed by atoms with Crippen LogP contribution in [0.3, 0.4) is 0 Å². The molecule has 1 aromatic carbocycles. The van der Waals surface area contributed by atoms with Crippen molar-refractivity contribution in [3.05, 3.63) is 18.2 Å². The SMILES string of the molecule is CCCNC(=O)CC[C@@H](C)[C@H]1CC[C@H]2[C@@H]3CCC4CC(Oc5ccc(N)cc5N)CC[C@]4(C)[C@H]3CC[C@]12C. The fourth-order valence-corrected chi connectivity index (χ4v) is 10.1. The Morgan fingerprint density at radius 2 is 1.82 bits per heavy atom. The molecule has 5 heteroatoms. The summed E-state index contributed by atoms with van der Waals surface area (Å²) in [5.74, 6) is 5.79. The number of anilines is 2. The molecule has 1 amide bonds. The van der Waals surface area contributed by atoms with Crippen molar-refractivity contribution < 1.29 is 9.53 Å². The first kappa shape index (κ1) is 27.6. The van der Waals surface area contributed by atoms with E-state index in [0.29, 0.717) is 34.5 Å². The number of nitrogens with one attached hydrogen (secondary N) is 1. The largest absolute Gasteiger partial charge is 0.488 e. The maximum Gasteiger partial charge on any atom is 0.220 e. The van der Waals surface area contributed by atoms with E-state index < -0.39 is 0 Å². The smallest absolute Gasteiger partial charge is 0.220 e. The molecular formula is C33H53N3O2. The van der Waals surface area contributed by atoms with Crippen LogP contribution in [0.15, 0.2) is 18.2 Å². The Bertz CT molecular complexity index is 996. The molecule has 38 heavy (non-hydrogen) atoms. The van der Waals surface area contributed by atoms with Crippen molar-refractivity contribution in [2.24, 2.45) is 46.3 Å². The quantitative estimate of drug-likeness (QED) is 0.314. The molecule has 4 aliphatic carbocycles. The monoisotopic (exact) mass is 523 g/mol. The molecule has 4 saturated carbocycles. The van der Waals surface area contributed by atoms with Crippen molar-refractivity contribution in [3.63, 3.8) is 0 Å². The fourth-order valence-electron chi connectivity index (χ4n) is 10.1. The summed E-state index contributed by atoms with van der Waals surface area (Å²) in [5, 5.41) is 3.07. The van der Waals surface area contributed by atoms with Crippen LogP contribution in [0.2, 0.25) is 0 Å². The van der Waals surface area contributed by atoms with Gasteiger partial charge in [-0.2, -0.15) is 0 Å². The summed E-state index contributed by atoms with van der Waals surface area (Å²) in [6.45, 7) is 10.6. The number of carbonyl (C=O) groups is 1. The van der Waals surface area contributed by atoms with Crippen LogP contribution in [0.5, 0.6) is 5.75 Å². The van der Waals surface area contributed by atoms with Crippen molar-refractivity contribution >= 4 is 17.3 Å². The zero-order valence-corrected chi connectivity index (χ0v) is 24.4. The highest BCUT2D eigenvalue weighted by Crippen LogP contribution is 2.68. The molecule has 0 radical (unpaired) electrons. The lowest BCUT2D eigenvalue weighted by molar-refractivity contribution is -0.127. The lowest BCUT2D eigenvalue weighted by Gasteiger charge is -2.61. The van der Waals surface area contributed by atoms with Crippen molar-refractivity contribution in [2.75, 3.05) is 18.0 Å². The molecule has 5 nitrogen and oxygen atoms in total. The molecule has 2 unspecified atom stereocenters. The minimum absolute atomic E-state index is 0.243. The lowest BCUT2D eigenvalue weighted by Crippen LogP contribution is -2.54. The van der Waals surface area contributed by atoms with Crippen molar-refractivity contribution in [1.82, 2.24) is 5.32 Å². The summed E-state index contributed by atoms with van der Waals surface area (Å²) in [6.07, 6.45) is 14.8. The molecule has 0 heterocycles. The third kappa shape index (κ3) is 5.04. The Morgan fingerprint density at radius 3 is 2.58 bits per heavy atom. The standard InChI is InChI=1S/C33H53N3O2/c1-5-18-36-31(37)13-6-21(2)26-10-11-27-25-9-7-22-19-24(38-30-12-8-23(34)20-29(30)35)14-16-32(22,3)28(25)15-17-33(26,27)4/h8,12,20-22,24-28H,5-7,9-11,13-19,34-35H2,1-4H3,(H,36,37)/t21-,22?,24?,25+,26-,27+,28+,32+,33-/m1/s1. The molecule has 0 bridgehead atoms. The van der Waals surface area contributed by atoms with Gasteiger partial charge in [0.05, 0.1) is 11.8 Å². The van der Waals surface area contributed by atoms with Gasteiger partial charge >= 0.3 is 0 Å². The predicted octanol–water partition coefficient (Wildman–Crippen LogP) is 7.20. The summed E-state index contributed by atoms with van der Waals surface area (Å²) in [7, 11) is 0. The van der Waals surface area contributed by atoms with Gasteiger partial charge in [-0.1, -0.05) is 27.7 Å². The average Bonchev–Trinajstić information content (AvgIpc) is 3.25. The number of nitrogen functional groups attached to an aromatic ring is 2. The van der Waals surface area contributed by atoms with Gasteiger partial charge in [0.2, 0.25) is 5.91 Å². The first-order valence-electron chi connectivity index (χ1n) is 15.7. The molecule has 5 rings (SSSR count). The molecule has 0 aromatic heterocycles. The van der Waals surface area contributed by atoms with Gasteiger partial charge < -0.3 is 21.5 Å². The Balaban J connectivity index is 1.21. The van der Waals surface area contributed by atoms with E-state index in [1.807, 2.05) is 18.2 Å². The van der Waals surface area contributed by atoms with Gasteiger partial charge in [-0.25, -0.2) is 0 Å². The van der Waals surface area contributed by atoms with Gasteiger partial charge in [0.15, 0.2) is 0 Å². The van der Waals surface area contributed by atoms with E-state index in [2.05, 4.69) is 33.0 Å². The van der Waals surface area contributed by atoms with Gasteiger partial charge in [-0.05, 0) is 135 Å². The second-order valence-electron chi connectivity index (χ2n) is 14.1. The number of fused-ring (bicyclic) bond motifs is 5. The number of carbonyl (C=O) groups excluding carboxylic acids is 1. The van der Waals surface area contributed by atoms with Crippen LogP contribution < -0.4 is 21.5 Å². The number of amides is 1. The predicted molar refractivity (Wildman–Crippen MR) is 157 cm³/mol. The van der Waals surface area contributed by atoms with Crippen molar-refractivity contribution in [1.29, 1.82) is 0 Å². The lowest BCUT2D eigenvalue weighted by atomic mass is 9.44. The first-order chi connectivity index (χ1) is 18.2. The van der Waals surface area contributed by atoms with Gasteiger partial charge in [0, 0.05) is 18.7 Å². The van der Waals surface area contributed by atoms with Crippen LogP contribution in [-0.4, -0.2) is 18.6 Å². The third-order valence-electron chi connectivity index (χ3n) is 12.1. The van der Waals surface area contributed by atoms with E-state index in [1.54, 1.807) is 0 Å². The van der Waals surface area contributed by atoms with Crippen LogP contribution in [0.1, 0.15) is 105 Å². The first-order valence-corrected chi connectivity index (χ1v) is 15.7. The third-order valence-corrected chi connectivity index (χ3v) is 12.1. The summed E-state index contributed by atoms with van der Waals surface area (Å²) in [5.41, 5.74) is 14.3. The number of rotatable bonds is 8. The normalized spacial score (nSPS) is 38.9. The average molecular weight is 524 g/mol. The van der Waals surface area contributed by atoms with Gasteiger partial charge in [0.25, 0.3) is 0 Å². The van der Waals surface area contributed by atoms with Crippen LogP contribution in [0.25, 0.3) is 0 Å². The van der Waals surface area contributed by atoms with Crippen molar-refractivity contribution in [3.8, 4) is 5.75 Å². The fraction of sp³-hybridized carbons (Fsp3) is 0.788. The van der Waals surface area contributed by atoms with Gasteiger partial charge in [0.1, 0.15) is 5.75 Å². The van der Waals surface area contributed by atoms with Gasteiger partial charge in [-0.3, -0.25) is 4.79 Å². The van der Waals surface area contributed by atoms with E-state index >= 15 is 0 Å². The highest BCUT2D eigenvalue weighted by molar-refractivity contribution is 5.75. The molecule has 1 aromatic rings. The van der Waals surface area contributed by atoms with E-state index in [0.717, 1.165) is 67.6 Å². The number of hydrogen-bond donors (Lipinski definition) is 3. The molecule has 0 saturated heterocycles. The molecule has 5 N–H and O–H groups in total. The van der Waals surface area contributed by atoms with E-state index in [4.69, 9.17) is 16.2 Å². The van der Waals surface area contributed by atoms with Gasteiger partial charge in [-0.15, -0.1) is 0 Å². The van der Waals surface area contributed by atoms with Crippen LogP contribution in [0.4, 0.5) is 11.4 Å². The van der Waals surface area contributed by atoms with Crippen molar-refractivity contribution in [2.45, 2.75) is 111 Å². The number of nitrogens with two attached hydrogens (primary N) is 2. The molecular weight excluding hydrogens is 470 g/mol. The molecule has 0 spiro atoms. The Labute approximate surface area is 231 Å². The maximum atomic E-state index is 12.3. The number of hydrogen-bond acceptors (Lipinski definition) is 4. The Hall–Kier alpha value is -1.91. The number of benzene rings is 1. The molecule has 212 valence electrons. The Morgan fingerprint density at radius 1 is 1.05 bits per heavy atom. The topological polar surface area (TPSA) is 90.4 Å². The molecule has 4 aliphatic rings. The van der Waals surface area contributed by atoms with Crippen LogP contribution >= 0.6 is 0 Å². The van der Waals surface area contributed by atoms with Crippen LogP contribution in [-0.2, 0) is 4.79 Å².